The van der Waals surface area contributed by atoms with Crippen molar-refractivity contribution in [1.82, 2.24) is 15.4 Å². The van der Waals surface area contributed by atoms with Crippen molar-refractivity contribution < 1.29 is 14.1 Å². The van der Waals surface area contributed by atoms with Crippen LogP contribution in [0.3, 0.4) is 0 Å². The van der Waals surface area contributed by atoms with Crippen LogP contribution in [0.1, 0.15) is 19.6 Å². The molecule has 7 nitrogen and oxygen atoms in total. The Kier molecular flexibility index (Phi) is 4.97. The van der Waals surface area contributed by atoms with Gasteiger partial charge in [0.05, 0.1) is 12.2 Å². The average Bonchev–Trinajstić information content (AvgIpc) is 2.73. The number of ether oxygens (including phenoxy) is 1. The molecule has 1 aliphatic rings. The number of rotatable bonds is 4. The normalized spacial score (nSPS) is 23.6. The predicted molar refractivity (Wildman–Crippen MR) is 74.7 cm³/mol. The second-order valence-corrected chi connectivity index (χ2v) is 5.22. The predicted octanol–water partition coefficient (Wildman–Crippen LogP) is 1.21. The van der Waals surface area contributed by atoms with E-state index >= 15 is 0 Å². The van der Waals surface area contributed by atoms with Crippen LogP contribution in [0.2, 0.25) is 0 Å². The molecule has 1 saturated heterocycles. The number of nitrogens with zero attached hydrogens (tertiary/aromatic N) is 2. The molecule has 2 N–H and O–H groups in total. The summed E-state index contributed by atoms with van der Waals surface area (Å²) < 4.78 is 10.5. The molecule has 2 rings (SSSR count). The Bertz CT molecular complexity index is 439. The van der Waals surface area contributed by atoms with Gasteiger partial charge in [-0.2, -0.15) is 0 Å². The third-order valence-corrected chi connectivity index (χ3v) is 3.08. The molecule has 0 saturated carbocycles. The van der Waals surface area contributed by atoms with Crippen LogP contribution in [0.5, 0.6) is 0 Å². The van der Waals surface area contributed by atoms with Crippen LogP contribution >= 0.6 is 0 Å². The molecule has 1 aromatic rings. The molecule has 0 bridgehead atoms. The maximum atomic E-state index is 11.6. The number of aryl methyl sites for hydroxylation is 1. The standard InChI is InChI=1S/C13H22N4O3/c1-9-6-12(16-20-9)15-13(18)14-4-5-17-7-10(2)19-11(3)8-17/h6,10-11H,4-5,7-8H2,1-3H3,(H2,14,15,16,18)/t10-,11+. The first-order chi connectivity index (χ1) is 9.52. The average molecular weight is 282 g/mol. The van der Waals surface area contributed by atoms with Crippen molar-refractivity contribution in [2.24, 2.45) is 0 Å². The van der Waals surface area contributed by atoms with Gasteiger partial charge in [0.15, 0.2) is 5.82 Å². The quantitative estimate of drug-likeness (QED) is 0.868. The Labute approximate surface area is 118 Å². The summed E-state index contributed by atoms with van der Waals surface area (Å²) in [6.45, 7) is 9.10. The van der Waals surface area contributed by atoms with E-state index in [1.54, 1.807) is 13.0 Å². The van der Waals surface area contributed by atoms with Crippen LogP contribution in [0.15, 0.2) is 10.6 Å². The number of nitrogens with one attached hydrogen (secondary N) is 2. The first kappa shape index (κ1) is 14.8. The molecule has 2 heterocycles. The zero-order valence-corrected chi connectivity index (χ0v) is 12.2. The van der Waals surface area contributed by atoms with Gasteiger partial charge in [0.25, 0.3) is 0 Å². The van der Waals surface area contributed by atoms with Crippen LogP contribution < -0.4 is 10.6 Å². The van der Waals surface area contributed by atoms with Gasteiger partial charge in [-0.1, -0.05) is 5.16 Å². The lowest BCUT2D eigenvalue weighted by Gasteiger charge is -2.35. The SMILES string of the molecule is Cc1cc(NC(=O)NCCN2C[C@@H](C)O[C@@H](C)C2)no1. The van der Waals surface area contributed by atoms with Crippen molar-refractivity contribution in [2.75, 3.05) is 31.5 Å². The second-order valence-electron chi connectivity index (χ2n) is 5.22. The highest BCUT2D eigenvalue weighted by Crippen LogP contribution is 2.09. The Hall–Kier alpha value is -1.60. The molecule has 1 aliphatic heterocycles. The molecule has 1 aromatic heterocycles. The lowest BCUT2D eigenvalue weighted by atomic mass is 10.2. The number of carbonyl (C=O) groups is 1. The largest absolute Gasteiger partial charge is 0.373 e. The lowest BCUT2D eigenvalue weighted by Crippen LogP contribution is -2.48. The van der Waals surface area contributed by atoms with Gasteiger partial charge in [-0.05, 0) is 20.8 Å². The summed E-state index contributed by atoms with van der Waals surface area (Å²) in [4.78, 5) is 13.9. The third-order valence-electron chi connectivity index (χ3n) is 3.08. The van der Waals surface area contributed by atoms with Crippen molar-refractivity contribution in [3.8, 4) is 0 Å². The summed E-state index contributed by atoms with van der Waals surface area (Å²) in [5.74, 6) is 1.09. The van der Waals surface area contributed by atoms with Crippen molar-refractivity contribution in [1.29, 1.82) is 0 Å². The molecule has 0 aliphatic carbocycles. The van der Waals surface area contributed by atoms with Crippen molar-refractivity contribution >= 4 is 11.8 Å². The van der Waals surface area contributed by atoms with E-state index in [1.165, 1.54) is 0 Å². The van der Waals surface area contributed by atoms with E-state index in [0.717, 1.165) is 19.6 Å². The Morgan fingerprint density at radius 3 is 2.75 bits per heavy atom. The van der Waals surface area contributed by atoms with E-state index in [9.17, 15) is 4.79 Å². The number of hydrogen-bond acceptors (Lipinski definition) is 5. The number of amides is 2. The first-order valence-electron chi connectivity index (χ1n) is 6.89. The van der Waals surface area contributed by atoms with Crippen molar-refractivity contribution in [3.05, 3.63) is 11.8 Å². The molecule has 0 radical (unpaired) electrons. The van der Waals surface area contributed by atoms with Gasteiger partial charge in [0, 0.05) is 32.2 Å². The third kappa shape index (κ3) is 4.50. The van der Waals surface area contributed by atoms with Crippen LogP contribution in [-0.2, 0) is 4.74 Å². The summed E-state index contributed by atoms with van der Waals surface area (Å²) in [6, 6.07) is 1.40. The molecule has 0 spiro atoms. The summed E-state index contributed by atoms with van der Waals surface area (Å²) in [6.07, 6.45) is 0.483. The van der Waals surface area contributed by atoms with E-state index in [1.807, 2.05) is 0 Å². The van der Waals surface area contributed by atoms with Crippen LogP contribution in [0.25, 0.3) is 0 Å². The smallest absolute Gasteiger partial charge is 0.320 e. The number of morpholine rings is 1. The van der Waals surface area contributed by atoms with Gasteiger partial charge in [0.2, 0.25) is 0 Å². The molecule has 0 unspecified atom stereocenters. The monoisotopic (exact) mass is 282 g/mol. The van der Waals surface area contributed by atoms with Gasteiger partial charge >= 0.3 is 6.03 Å². The number of urea groups is 1. The first-order valence-corrected chi connectivity index (χ1v) is 6.89. The molecule has 20 heavy (non-hydrogen) atoms. The Morgan fingerprint density at radius 2 is 2.15 bits per heavy atom. The van der Waals surface area contributed by atoms with E-state index in [0.29, 0.717) is 18.1 Å². The topological polar surface area (TPSA) is 79.6 Å². The van der Waals surface area contributed by atoms with Crippen LogP contribution in [0, 0.1) is 6.92 Å². The molecule has 2 atom stereocenters. The minimum absolute atomic E-state index is 0.241. The summed E-state index contributed by atoms with van der Waals surface area (Å²) in [7, 11) is 0. The maximum absolute atomic E-state index is 11.6. The van der Waals surface area contributed by atoms with Gasteiger partial charge in [-0.3, -0.25) is 10.2 Å². The molecule has 7 heteroatoms. The highest BCUT2D eigenvalue weighted by atomic mass is 16.5. The highest BCUT2D eigenvalue weighted by molar-refractivity contribution is 5.88. The van der Waals surface area contributed by atoms with E-state index < -0.39 is 0 Å². The minimum Gasteiger partial charge on any atom is -0.373 e. The second kappa shape index (κ2) is 6.71. The van der Waals surface area contributed by atoms with E-state index in [2.05, 4.69) is 34.5 Å². The molecular formula is C13H22N4O3. The minimum atomic E-state index is -0.271. The Balaban J connectivity index is 1.66. The van der Waals surface area contributed by atoms with Gasteiger partial charge in [0.1, 0.15) is 5.76 Å². The molecular weight excluding hydrogens is 260 g/mol. The fourth-order valence-corrected chi connectivity index (χ4v) is 2.38. The van der Waals surface area contributed by atoms with Crippen LogP contribution in [0.4, 0.5) is 10.6 Å². The number of anilines is 1. The Morgan fingerprint density at radius 1 is 1.45 bits per heavy atom. The number of aromatic nitrogens is 1. The fraction of sp³-hybridized carbons (Fsp3) is 0.692. The van der Waals surface area contributed by atoms with Gasteiger partial charge in [-0.15, -0.1) is 0 Å². The summed E-state index contributed by atoms with van der Waals surface area (Å²) in [5.41, 5.74) is 0. The summed E-state index contributed by atoms with van der Waals surface area (Å²) >= 11 is 0. The number of carbonyl (C=O) groups excluding carboxylic acids is 1. The summed E-state index contributed by atoms with van der Waals surface area (Å²) in [5, 5.41) is 9.12. The van der Waals surface area contributed by atoms with E-state index in [4.69, 9.17) is 9.26 Å². The van der Waals surface area contributed by atoms with Crippen molar-refractivity contribution in [2.45, 2.75) is 33.0 Å². The van der Waals surface area contributed by atoms with Crippen molar-refractivity contribution in [3.63, 3.8) is 0 Å². The molecule has 2 amide bonds. The van der Waals surface area contributed by atoms with Gasteiger partial charge in [-0.25, -0.2) is 4.79 Å². The highest BCUT2D eigenvalue weighted by Gasteiger charge is 2.21. The molecule has 112 valence electrons. The fourth-order valence-electron chi connectivity index (χ4n) is 2.38. The maximum Gasteiger partial charge on any atom is 0.320 e. The zero-order valence-electron chi connectivity index (χ0n) is 12.2. The van der Waals surface area contributed by atoms with Crippen LogP contribution in [-0.4, -0.2) is 54.5 Å². The molecule has 1 fully saturated rings. The zero-order chi connectivity index (χ0) is 14.5. The lowest BCUT2D eigenvalue weighted by molar-refractivity contribution is -0.0672. The van der Waals surface area contributed by atoms with Gasteiger partial charge < -0.3 is 14.6 Å². The van der Waals surface area contributed by atoms with E-state index in [-0.39, 0.29) is 18.2 Å². The molecule has 0 aromatic carbocycles. The number of hydrogen-bond donors (Lipinski definition) is 2.